The molecule has 0 amide bonds. The second-order valence-electron chi connectivity index (χ2n) is 4.47. The summed E-state index contributed by atoms with van der Waals surface area (Å²) in [7, 11) is 0. The molecule has 0 spiro atoms. The molecule has 0 aromatic heterocycles. The molecule has 1 aliphatic rings. The van der Waals surface area contributed by atoms with E-state index in [-0.39, 0.29) is 22.9 Å². The fraction of sp³-hybridized carbons (Fsp3) is 0.462. The van der Waals surface area contributed by atoms with Crippen LogP contribution in [0.15, 0.2) is 18.2 Å². The average molecular weight is 269 g/mol. The van der Waals surface area contributed by atoms with Gasteiger partial charge in [-0.25, -0.2) is 4.39 Å². The Labute approximate surface area is 111 Å². The van der Waals surface area contributed by atoms with Crippen LogP contribution in [0.1, 0.15) is 25.3 Å². The van der Waals surface area contributed by atoms with E-state index in [0.29, 0.717) is 12.2 Å². The standard InChI is InChI=1S/C13H16FNO2S/c1-8-2-4-10(17-8)7-16-12-5-3-9(13(15)18)6-11(12)14/h3,5-6,8,10H,2,4,7H2,1H3,(H2,15,18). The number of hydrogen-bond donors (Lipinski definition) is 1. The van der Waals surface area contributed by atoms with Gasteiger partial charge in [0.15, 0.2) is 11.6 Å². The van der Waals surface area contributed by atoms with E-state index in [1.54, 1.807) is 12.1 Å². The van der Waals surface area contributed by atoms with Crippen molar-refractivity contribution in [2.45, 2.75) is 32.0 Å². The van der Waals surface area contributed by atoms with Crippen LogP contribution < -0.4 is 10.5 Å². The molecule has 1 aliphatic heterocycles. The normalized spacial score (nSPS) is 23.0. The fourth-order valence-electron chi connectivity index (χ4n) is 1.96. The predicted octanol–water partition coefficient (Wildman–Crippen LogP) is 2.41. The Balaban J connectivity index is 1.95. The SMILES string of the molecule is CC1CCC(COc2ccc(C(N)=S)cc2F)O1. The fourth-order valence-corrected chi connectivity index (χ4v) is 2.09. The summed E-state index contributed by atoms with van der Waals surface area (Å²) in [5.41, 5.74) is 5.93. The highest BCUT2D eigenvalue weighted by Gasteiger charge is 2.22. The van der Waals surface area contributed by atoms with Gasteiger partial charge in [-0.3, -0.25) is 0 Å². The second-order valence-corrected chi connectivity index (χ2v) is 4.91. The van der Waals surface area contributed by atoms with Gasteiger partial charge in [0, 0.05) is 5.56 Å². The third-order valence-electron chi connectivity index (χ3n) is 2.96. The van der Waals surface area contributed by atoms with Crippen molar-refractivity contribution in [2.24, 2.45) is 5.73 Å². The lowest BCUT2D eigenvalue weighted by Gasteiger charge is -2.13. The molecule has 1 heterocycles. The molecule has 0 radical (unpaired) electrons. The zero-order chi connectivity index (χ0) is 13.1. The third kappa shape index (κ3) is 3.17. The molecule has 1 aromatic rings. The molecule has 1 aromatic carbocycles. The number of rotatable bonds is 4. The molecule has 0 bridgehead atoms. The second kappa shape index (κ2) is 5.63. The van der Waals surface area contributed by atoms with Gasteiger partial charge in [-0.05, 0) is 38.0 Å². The van der Waals surface area contributed by atoms with E-state index in [9.17, 15) is 4.39 Å². The Morgan fingerprint density at radius 3 is 2.89 bits per heavy atom. The highest BCUT2D eigenvalue weighted by molar-refractivity contribution is 7.80. The number of ether oxygens (including phenoxy) is 2. The third-order valence-corrected chi connectivity index (χ3v) is 3.20. The summed E-state index contributed by atoms with van der Waals surface area (Å²) in [6, 6.07) is 4.48. The number of hydrogen-bond acceptors (Lipinski definition) is 3. The van der Waals surface area contributed by atoms with E-state index in [0.717, 1.165) is 12.8 Å². The van der Waals surface area contributed by atoms with Crippen LogP contribution >= 0.6 is 12.2 Å². The molecule has 18 heavy (non-hydrogen) atoms. The zero-order valence-electron chi connectivity index (χ0n) is 10.2. The lowest BCUT2D eigenvalue weighted by molar-refractivity contribution is 0.0256. The minimum absolute atomic E-state index is 0.0506. The van der Waals surface area contributed by atoms with Gasteiger partial charge >= 0.3 is 0 Å². The molecule has 3 nitrogen and oxygen atoms in total. The monoisotopic (exact) mass is 269 g/mol. The molecule has 2 rings (SSSR count). The van der Waals surface area contributed by atoms with Crippen molar-refractivity contribution < 1.29 is 13.9 Å². The number of thiocarbonyl (C=S) groups is 1. The Bertz CT molecular complexity index is 453. The molecule has 2 N–H and O–H groups in total. The van der Waals surface area contributed by atoms with Crippen molar-refractivity contribution in [3.05, 3.63) is 29.6 Å². The van der Waals surface area contributed by atoms with E-state index in [4.69, 9.17) is 27.4 Å². The highest BCUT2D eigenvalue weighted by Crippen LogP contribution is 2.22. The van der Waals surface area contributed by atoms with E-state index < -0.39 is 5.82 Å². The minimum Gasteiger partial charge on any atom is -0.488 e. The zero-order valence-corrected chi connectivity index (χ0v) is 11.0. The van der Waals surface area contributed by atoms with E-state index in [2.05, 4.69) is 0 Å². The summed E-state index contributed by atoms with van der Waals surface area (Å²) in [4.78, 5) is 0.174. The molecular weight excluding hydrogens is 253 g/mol. The average Bonchev–Trinajstić information content (AvgIpc) is 2.73. The van der Waals surface area contributed by atoms with E-state index in [1.165, 1.54) is 6.07 Å². The van der Waals surface area contributed by atoms with Crippen LogP contribution in [-0.4, -0.2) is 23.8 Å². The maximum absolute atomic E-state index is 13.7. The molecule has 5 heteroatoms. The summed E-state index contributed by atoms with van der Waals surface area (Å²) in [6.07, 6.45) is 2.29. The van der Waals surface area contributed by atoms with Gasteiger partial charge < -0.3 is 15.2 Å². The van der Waals surface area contributed by atoms with Crippen molar-refractivity contribution in [3.8, 4) is 5.75 Å². The van der Waals surface area contributed by atoms with Gasteiger partial charge in [0.2, 0.25) is 0 Å². The Hall–Kier alpha value is -1.20. The highest BCUT2D eigenvalue weighted by atomic mass is 32.1. The molecule has 1 fully saturated rings. The van der Waals surface area contributed by atoms with Crippen LogP contribution in [0.3, 0.4) is 0 Å². The van der Waals surface area contributed by atoms with Crippen molar-refractivity contribution >= 4 is 17.2 Å². The van der Waals surface area contributed by atoms with Gasteiger partial charge in [0.1, 0.15) is 11.6 Å². The molecule has 0 saturated carbocycles. The molecule has 2 atom stereocenters. The number of nitrogens with two attached hydrogens (primary N) is 1. The first-order valence-corrected chi connectivity index (χ1v) is 6.34. The maximum atomic E-state index is 13.7. The quantitative estimate of drug-likeness (QED) is 0.853. The van der Waals surface area contributed by atoms with Crippen LogP contribution in [0, 0.1) is 5.82 Å². The predicted molar refractivity (Wildman–Crippen MR) is 71.4 cm³/mol. The molecule has 1 saturated heterocycles. The lowest BCUT2D eigenvalue weighted by atomic mass is 10.2. The van der Waals surface area contributed by atoms with Crippen LogP contribution in [0.4, 0.5) is 4.39 Å². The van der Waals surface area contributed by atoms with Crippen molar-refractivity contribution in [1.29, 1.82) is 0 Å². The summed E-state index contributed by atoms with van der Waals surface area (Å²) < 4.78 is 24.7. The Kier molecular flexibility index (Phi) is 4.14. The van der Waals surface area contributed by atoms with Gasteiger partial charge in [0.25, 0.3) is 0 Å². The number of benzene rings is 1. The van der Waals surface area contributed by atoms with Crippen LogP contribution in [0.25, 0.3) is 0 Å². The summed E-state index contributed by atoms with van der Waals surface area (Å²) in [5.74, 6) is -0.246. The Morgan fingerprint density at radius 1 is 1.56 bits per heavy atom. The van der Waals surface area contributed by atoms with Gasteiger partial charge in [0.05, 0.1) is 12.2 Å². The topological polar surface area (TPSA) is 44.5 Å². The van der Waals surface area contributed by atoms with E-state index >= 15 is 0 Å². The number of halogens is 1. The smallest absolute Gasteiger partial charge is 0.165 e. The first-order chi connectivity index (χ1) is 8.56. The van der Waals surface area contributed by atoms with Crippen molar-refractivity contribution in [3.63, 3.8) is 0 Å². The van der Waals surface area contributed by atoms with Crippen LogP contribution in [0.5, 0.6) is 5.75 Å². The molecular formula is C13H16FNO2S. The van der Waals surface area contributed by atoms with Gasteiger partial charge in [-0.2, -0.15) is 0 Å². The summed E-state index contributed by atoms with van der Waals surface area (Å²) >= 11 is 4.78. The maximum Gasteiger partial charge on any atom is 0.165 e. The van der Waals surface area contributed by atoms with E-state index in [1.807, 2.05) is 6.92 Å². The Morgan fingerprint density at radius 2 is 2.33 bits per heavy atom. The van der Waals surface area contributed by atoms with Crippen LogP contribution in [-0.2, 0) is 4.74 Å². The van der Waals surface area contributed by atoms with Gasteiger partial charge in [-0.1, -0.05) is 12.2 Å². The molecule has 98 valence electrons. The van der Waals surface area contributed by atoms with Crippen molar-refractivity contribution in [2.75, 3.05) is 6.61 Å². The largest absolute Gasteiger partial charge is 0.488 e. The first kappa shape index (κ1) is 13.2. The summed E-state index contributed by atoms with van der Waals surface area (Å²) in [6.45, 7) is 2.39. The minimum atomic E-state index is -0.452. The summed E-state index contributed by atoms with van der Waals surface area (Å²) in [5, 5.41) is 0. The van der Waals surface area contributed by atoms with Crippen LogP contribution in [0.2, 0.25) is 0 Å². The van der Waals surface area contributed by atoms with Gasteiger partial charge in [-0.15, -0.1) is 0 Å². The van der Waals surface area contributed by atoms with Crippen molar-refractivity contribution in [1.82, 2.24) is 0 Å². The molecule has 2 unspecified atom stereocenters. The first-order valence-electron chi connectivity index (χ1n) is 5.94. The lowest BCUT2D eigenvalue weighted by Crippen LogP contribution is -2.18. The molecule has 0 aliphatic carbocycles.